The molecule has 2 rings (SSSR count). The van der Waals surface area contributed by atoms with Gasteiger partial charge in [0.1, 0.15) is 17.3 Å². The second kappa shape index (κ2) is 6.17. The Morgan fingerprint density at radius 2 is 2.14 bits per heavy atom. The summed E-state index contributed by atoms with van der Waals surface area (Å²) in [5, 5.41) is 0. The molecule has 114 valence electrons. The Hall–Kier alpha value is -2.02. The Bertz CT molecular complexity index is 513. The van der Waals surface area contributed by atoms with Crippen LogP contribution in [0.1, 0.15) is 31.3 Å². The van der Waals surface area contributed by atoms with Crippen molar-refractivity contribution in [3.05, 3.63) is 24.3 Å². The predicted molar refractivity (Wildman–Crippen MR) is 73.9 cm³/mol. The maximum Gasteiger partial charge on any atom is 0.411 e. The summed E-state index contributed by atoms with van der Waals surface area (Å²) in [4.78, 5) is 33.9. The SMILES string of the molecule is CC(C)(C)OC(=O)N1CCOCC1C(=O)c1cnccn1. The molecule has 0 aliphatic carbocycles. The van der Waals surface area contributed by atoms with Crippen LogP contribution < -0.4 is 0 Å². The van der Waals surface area contributed by atoms with Gasteiger partial charge >= 0.3 is 6.09 Å². The number of ketones is 1. The van der Waals surface area contributed by atoms with E-state index in [9.17, 15) is 9.59 Å². The highest BCUT2D eigenvalue weighted by Gasteiger charge is 2.36. The molecule has 1 fully saturated rings. The van der Waals surface area contributed by atoms with Crippen LogP contribution >= 0.6 is 0 Å². The minimum atomic E-state index is -0.731. The lowest BCUT2D eigenvalue weighted by atomic mass is 10.1. The molecular formula is C14H19N3O4. The number of amides is 1. The lowest BCUT2D eigenvalue weighted by Gasteiger charge is -2.35. The number of rotatable bonds is 2. The molecule has 1 aromatic heterocycles. The molecule has 1 amide bonds. The van der Waals surface area contributed by atoms with Gasteiger partial charge in [0.2, 0.25) is 5.78 Å². The zero-order valence-electron chi connectivity index (χ0n) is 12.4. The average molecular weight is 293 g/mol. The van der Waals surface area contributed by atoms with Crippen LogP contribution in [0, 0.1) is 0 Å². The highest BCUT2D eigenvalue weighted by molar-refractivity contribution is 5.99. The quantitative estimate of drug-likeness (QED) is 0.764. The Labute approximate surface area is 123 Å². The van der Waals surface area contributed by atoms with Crippen LogP contribution in [0.2, 0.25) is 0 Å². The zero-order chi connectivity index (χ0) is 15.5. The summed E-state index contributed by atoms with van der Waals surface area (Å²) in [5.74, 6) is -0.298. The van der Waals surface area contributed by atoms with Gasteiger partial charge in [-0.2, -0.15) is 0 Å². The zero-order valence-corrected chi connectivity index (χ0v) is 12.4. The molecule has 0 N–H and O–H groups in total. The van der Waals surface area contributed by atoms with E-state index in [4.69, 9.17) is 9.47 Å². The Balaban J connectivity index is 2.16. The van der Waals surface area contributed by atoms with Crippen molar-refractivity contribution < 1.29 is 19.1 Å². The van der Waals surface area contributed by atoms with E-state index >= 15 is 0 Å². The molecule has 1 aliphatic rings. The molecule has 0 aromatic carbocycles. The summed E-state index contributed by atoms with van der Waals surface area (Å²) in [6.45, 7) is 6.17. The molecule has 7 nitrogen and oxygen atoms in total. The molecule has 21 heavy (non-hydrogen) atoms. The lowest BCUT2D eigenvalue weighted by molar-refractivity contribution is -0.0266. The summed E-state index contributed by atoms with van der Waals surface area (Å²) >= 11 is 0. The number of Topliss-reactive ketones (excluding diaryl/α,β-unsaturated/α-hetero) is 1. The van der Waals surface area contributed by atoms with E-state index in [2.05, 4.69) is 9.97 Å². The van der Waals surface area contributed by atoms with E-state index in [1.807, 2.05) is 0 Å². The van der Waals surface area contributed by atoms with Gasteiger partial charge in [-0.05, 0) is 20.8 Å². The standard InChI is InChI=1S/C14H19N3O4/c1-14(2,3)21-13(19)17-6-7-20-9-11(17)12(18)10-8-15-4-5-16-10/h4-5,8,11H,6-7,9H2,1-3H3. The fraction of sp³-hybridized carbons (Fsp3) is 0.571. The van der Waals surface area contributed by atoms with Crippen molar-refractivity contribution in [2.24, 2.45) is 0 Å². The number of carbonyl (C=O) groups is 2. The third-order valence-electron chi connectivity index (χ3n) is 2.87. The van der Waals surface area contributed by atoms with Crippen molar-refractivity contribution in [3.63, 3.8) is 0 Å². The fourth-order valence-corrected chi connectivity index (χ4v) is 1.96. The predicted octanol–water partition coefficient (Wildman–Crippen LogP) is 1.30. The molecule has 0 saturated carbocycles. The van der Waals surface area contributed by atoms with Crippen LogP contribution in [0.25, 0.3) is 0 Å². The molecule has 0 radical (unpaired) electrons. The van der Waals surface area contributed by atoms with Gasteiger partial charge in [-0.15, -0.1) is 0 Å². The molecule has 1 aromatic rings. The van der Waals surface area contributed by atoms with Crippen LogP contribution in [0.15, 0.2) is 18.6 Å². The minimum absolute atomic E-state index is 0.134. The summed E-state index contributed by atoms with van der Waals surface area (Å²) in [6.07, 6.45) is 3.78. The van der Waals surface area contributed by atoms with Gasteiger partial charge < -0.3 is 9.47 Å². The van der Waals surface area contributed by atoms with Gasteiger partial charge in [0.05, 0.1) is 19.4 Å². The van der Waals surface area contributed by atoms with Gasteiger partial charge in [0.15, 0.2) is 0 Å². The maximum atomic E-state index is 12.4. The van der Waals surface area contributed by atoms with Crippen molar-refractivity contribution in [2.75, 3.05) is 19.8 Å². The molecule has 1 atom stereocenters. The number of hydrogen-bond donors (Lipinski definition) is 0. The largest absolute Gasteiger partial charge is 0.444 e. The van der Waals surface area contributed by atoms with Crippen LogP contribution in [-0.4, -0.2) is 58.1 Å². The van der Waals surface area contributed by atoms with Crippen molar-refractivity contribution >= 4 is 11.9 Å². The Morgan fingerprint density at radius 1 is 1.38 bits per heavy atom. The first-order chi connectivity index (χ1) is 9.88. The first-order valence-corrected chi connectivity index (χ1v) is 6.76. The lowest BCUT2D eigenvalue weighted by Crippen LogP contribution is -2.54. The number of ether oxygens (including phenoxy) is 2. The van der Waals surface area contributed by atoms with E-state index in [0.29, 0.717) is 13.2 Å². The molecule has 7 heteroatoms. The smallest absolute Gasteiger partial charge is 0.411 e. The summed E-state index contributed by atoms with van der Waals surface area (Å²) in [7, 11) is 0. The van der Waals surface area contributed by atoms with Crippen molar-refractivity contribution in [1.82, 2.24) is 14.9 Å². The highest BCUT2D eigenvalue weighted by atomic mass is 16.6. The third kappa shape index (κ3) is 3.98. The van der Waals surface area contributed by atoms with Crippen molar-refractivity contribution in [1.29, 1.82) is 0 Å². The summed E-state index contributed by atoms with van der Waals surface area (Å²) in [5.41, 5.74) is -0.406. The van der Waals surface area contributed by atoms with Gasteiger partial charge in [0, 0.05) is 18.9 Å². The first-order valence-electron chi connectivity index (χ1n) is 6.76. The molecular weight excluding hydrogens is 274 g/mol. The highest BCUT2D eigenvalue weighted by Crippen LogP contribution is 2.16. The number of hydrogen-bond acceptors (Lipinski definition) is 6. The molecule has 2 heterocycles. The average Bonchev–Trinajstić information content (AvgIpc) is 2.45. The fourth-order valence-electron chi connectivity index (χ4n) is 1.96. The normalized spacial score (nSPS) is 19.2. The number of carbonyl (C=O) groups excluding carboxylic acids is 2. The summed E-state index contributed by atoms with van der Waals surface area (Å²) < 4.78 is 10.7. The third-order valence-corrected chi connectivity index (χ3v) is 2.87. The van der Waals surface area contributed by atoms with Crippen LogP contribution in [0.3, 0.4) is 0 Å². The maximum absolute atomic E-state index is 12.4. The second-order valence-electron chi connectivity index (χ2n) is 5.72. The first kappa shape index (κ1) is 15.4. The molecule has 1 unspecified atom stereocenters. The van der Waals surface area contributed by atoms with E-state index in [-0.39, 0.29) is 18.1 Å². The van der Waals surface area contributed by atoms with Crippen molar-refractivity contribution in [2.45, 2.75) is 32.4 Å². The monoisotopic (exact) mass is 293 g/mol. The van der Waals surface area contributed by atoms with Gasteiger partial charge in [0.25, 0.3) is 0 Å². The second-order valence-corrected chi connectivity index (χ2v) is 5.72. The van der Waals surface area contributed by atoms with Gasteiger partial charge in [-0.25, -0.2) is 9.78 Å². The van der Waals surface area contributed by atoms with Gasteiger partial charge in [-0.1, -0.05) is 0 Å². The number of morpholine rings is 1. The van der Waals surface area contributed by atoms with E-state index < -0.39 is 17.7 Å². The van der Waals surface area contributed by atoms with E-state index in [0.717, 1.165) is 0 Å². The topological polar surface area (TPSA) is 81.6 Å². The van der Waals surface area contributed by atoms with Crippen LogP contribution in [0.4, 0.5) is 4.79 Å². The molecule has 0 bridgehead atoms. The number of aromatic nitrogens is 2. The Kier molecular flexibility index (Phi) is 4.52. The minimum Gasteiger partial charge on any atom is -0.444 e. The van der Waals surface area contributed by atoms with Crippen LogP contribution in [-0.2, 0) is 9.47 Å². The van der Waals surface area contributed by atoms with Gasteiger partial charge in [-0.3, -0.25) is 14.7 Å². The molecule has 0 spiro atoms. The van der Waals surface area contributed by atoms with Crippen LogP contribution in [0.5, 0.6) is 0 Å². The van der Waals surface area contributed by atoms with Crippen molar-refractivity contribution in [3.8, 4) is 0 Å². The number of nitrogens with zero attached hydrogens (tertiary/aromatic N) is 3. The summed E-state index contributed by atoms with van der Waals surface area (Å²) in [6, 6.07) is -0.731. The van der Waals surface area contributed by atoms with E-state index in [1.165, 1.54) is 23.5 Å². The Morgan fingerprint density at radius 3 is 2.76 bits per heavy atom. The molecule has 1 saturated heterocycles. The molecule has 1 aliphatic heterocycles. The van der Waals surface area contributed by atoms with E-state index in [1.54, 1.807) is 20.8 Å².